The molecule has 1 atom stereocenters. The van der Waals surface area contributed by atoms with Crippen molar-refractivity contribution in [3.05, 3.63) is 206 Å². The minimum atomic E-state index is 0.417. The Morgan fingerprint density at radius 2 is 0.982 bits per heavy atom. The lowest BCUT2D eigenvalue weighted by atomic mass is 9.89. The van der Waals surface area contributed by atoms with Gasteiger partial charge in [-0.15, -0.1) is 0 Å². The van der Waals surface area contributed by atoms with Crippen molar-refractivity contribution < 1.29 is 0 Å². The quantitative estimate of drug-likeness (QED) is 0.167. The van der Waals surface area contributed by atoms with Gasteiger partial charge in [0.25, 0.3) is 0 Å². The van der Waals surface area contributed by atoms with E-state index in [2.05, 4.69) is 216 Å². The van der Waals surface area contributed by atoms with Crippen molar-refractivity contribution in [1.29, 1.82) is 0 Å². The van der Waals surface area contributed by atoms with E-state index in [9.17, 15) is 0 Å². The van der Waals surface area contributed by atoms with Gasteiger partial charge in [-0.05, 0) is 107 Å². The van der Waals surface area contributed by atoms with Gasteiger partial charge in [-0.1, -0.05) is 140 Å². The normalized spacial score (nSPS) is 14.2. The zero-order chi connectivity index (χ0) is 37.9. The lowest BCUT2D eigenvalue weighted by Crippen LogP contribution is -2.04. The molecule has 0 bridgehead atoms. The molecule has 10 aromatic rings. The minimum absolute atomic E-state index is 0.417. The van der Waals surface area contributed by atoms with E-state index in [1.165, 1.54) is 77.1 Å². The van der Waals surface area contributed by atoms with Gasteiger partial charge in [-0.2, -0.15) is 0 Å². The lowest BCUT2D eigenvalue weighted by Gasteiger charge is -2.19. The number of hydrogen-bond acceptors (Lipinski definition) is 1. The molecule has 11 rings (SSSR count). The zero-order valence-corrected chi connectivity index (χ0v) is 31.7. The van der Waals surface area contributed by atoms with Crippen molar-refractivity contribution in [3.8, 4) is 44.9 Å². The average molecular weight is 730 g/mol. The molecule has 0 spiro atoms. The van der Waals surface area contributed by atoms with Crippen LogP contribution in [0.3, 0.4) is 0 Å². The van der Waals surface area contributed by atoms with E-state index in [-0.39, 0.29) is 0 Å². The van der Waals surface area contributed by atoms with Crippen LogP contribution in [0.15, 0.2) is 200 Å². The lowest BCUT2D eigenvalue weighted by molar-refractivity contribution is 0.754. The Hall–Kier alpha value is -7.23. The molecule has 270 valence electrons. The SMILES string of the molecule is CC1CC=CC=C1c1cc(-c2ccccc2)cc(-c2ccc(-n3c4ccccc4c4ccc(-c5ccc6c(c5)c5ccccc5n6-c5ccccc5)cc43)cc2)n1. The second-order valence-electron chi connectivity index (χ2n) is 15.2. The number of allylic oxidation sites excluding steroid dienone is 4. The molecule has 0 saturated carbocycles. The summed E-state index contributed by atoms with van der Waals surface area (Å²) in [6.07, 6.45) is 7.67. The summed E-state index contributed by atoms with van der Waals surface area (Å²) >= 11 is 0. The molecular formula is C54H39N3. The van der Waals surface area contributed by atoms with E-state index in [0.29, 0.717) is 5.92 Å². The Balaban J connectivity index is 1.03. The summed E-state index contributed by atoms with van der Waals surface area (Å²) in [5.41, 5.74) is 16.3. The summed E-state index contributed by atoms with van der Waals surface area (Å²) in [5.74, 6) is 0.417. The van der Waals surface area contributed by atoms with Crippen LogP contribution in [0.5, 0.6) is 0 Å². The van der Waals surface area contributed by atoms with E-state index in [1.54, 1.807) is 0 Å². The predicted octanol–water partition coefficient (Wildman–Crippen LogP) is 14.3. The number of aromatic nitrogens is 3. The third-order valence-corrected chi connectivity index (χ3v) is 11.8. The highest BCUT2D eigenvalue weighted by Crippen LogP contribution is 2.39. The van der Waals surface area contributed by atoms with E-state index in [1.807, 2.05) is 0 Å². The highest BCUT2D eigenvalue weighted by atomic mass is 15.0. The fourth-order valence-electron chi connectivity index (χ4n) is 8.92. The Bertz CT molecular complexity index is 3200. The van der Waals surface area contributed by atoms with Gasteiger partial charge in [0.1, 0.15) is 0 Å². The van der Waals surface area contributed by atoms with Crippen molar-refractivity contribution in [1.82, 2.24) is 14.1 Å². The Morgan fingerprint density at radius 3 is 1.74 bits per heavy atom. The first-order valence-electron chi connectivity index (χ1n) is 19.9. The number of rotatable bonds is 6. The van der Waals surface area contributed by atoms with Crippen molar-refractivity contribution in [2.75, 3.05) is 0 Å². The maximum Gasteiger partial charge on any atom is 0.0715 e. The van der Waals surface area contributed by atoms with Crippen molar-refractivity contribution in [2.45, 2.75) is 13.3 Å². The van der Waals surface area contributed by atoms with Gasteiger partial charge in [-0.3, -0.25) is 0 Å². The molecule has 3 heterocycles. The van der Waals surface area contributed by atoms with Crippen LogP contribution in [-0.4, -0.2) is 14.1 Å². The molecule has 3 nitrogen and oxygen atoms in total. The second kappa shape index (κ2) is 13.5. The maximum absolute atomic E-state index is 5.29. The summed E-state index contributed by atoms with van der Waals surface area (Å²) < 4.78 is 4.79. The molecule has 0 radical (unpaired) electrons. The molecular weight excluding hydrogens is 691 g/mol. The number of benzene rings is 7. The molecule has 7 aromatic carbocycles. The number of fused-ring (bicyclic) bond motifs is 6. The maximum atomic E-state index is 5.29. The van der Waals surface area contributed by atoms with Crippen LogP contribution in [-0.2, 0) is 0 Å². The highest BCUT2D eigenvalue weighted by molar-refractivity contribution is 6.12. The van der Waals surface area contributed by atoms with E-state index < -0.39 is 0 Å². The largest absolute Gasteiger partial charge is 0.309 e. The van der Waals surface area contributed by atoms with Gasteiger partial charge in [0.15, 0.2) is 0 Å². The van der Waals surface area contributed by atoms with E-state index >= 15 is 0 Å². The van der Waals surface area contributed by atoms with Crippen LogP contribution in [0, 0.1) is 5.92 Å². The molecule has 0 fully saturated rings. The van der Waals surface area contributed by atoms with Crippen molar-refractivity contribution in [2.24, 2.45) is 5.92 Å². The van der Waals surface area contributed by atoms with E-state index in [0.717, 1.165) is 29.1 Å². The summed E-state index contributed by atoms with van der Waals surface area (Å²) in [7, 11) is 0. The first-order valence-corrected chi connectivity index (χ1v) is 19.9. The fourth-order valence-corrected chi connectivity index (χ4v) is 8.92. The average Bonchev–Trinajstić information content (AvgIpc) is 3.79. The van der Waals surface area contributed by atoms with Crippen LogP contribution in [0.1, 0.15) is 19.0 Å². The highest BCUT2D eigenvalue weighted by Gasteiger charge is 2.18. The van der Waals surface area contributed by atoms with Gasteiger partial charge in [-0.25, -0.2) is 4.98 Å². The molecule has 0 saturated heterocycles. The molecule has 3 heteroatoms. The standard InChI is InChI=1S/C54H39N3/c1-36-14-8-9-19-44(36)50-34-41(37-15-4-2-5-16-37)33-49(55-50)38-24-28-43(29-25-38)57-51-22-12-10-20-45(51)47-30-26-40(35-54(47)57)39-27-31-53-48(32-39)46-21-11-13-23-52(46)56(53)42-17-6-3-7-18-42/h2-13,15-36H,14H2,1H3. The molecule has 3 aromatic heterocycles. The molecule has 1 aliphatic rings. The third-order valence-electron chi connectivity index (χ3n) is 11.8. The van der Waals surface area contributed by atoms with Gasteiger partial charge < -0.3 is 9.13 Å². The Morgan fingerprint density at radius 1 is 0.421 bits per heavy atom. The first-order chi connectivity index (χ1) is 28.2. The van der Waals surface area contributed by atoms with Crippen LogP contribution < -0.4 is 0 Å². The summed E-state index contributed by atoms with van der Waals surface area (Å²) in [6.45, 7) is 2.29. The van der Waals surface area contributed by atoms with Gasteiger partial charge in [0.05, 0.1) is 33.5 Å². The first kappa shape index (κ1) is 33.1. The minimum Gasteiger partial charge on any atom is -0.309 e. The fraction of sp³-hybridized carbons (Fsp3) is 0.0556. The number of para-hydroxylation sites is 3. The Kier molecular flexibility index (Phi) is 7.85. The van der Waals surface area contributed by atoms with Gasteiger partial charge >= 0.3 is 0 Å². The smallest absolute Gasteiger partial charge is 0.0715 e. The Labute approximate surface area is 332 Å². The summed E-state index contributed by atoms with van der Waals surface area (Å²) in [6, 6.07) is 66.1. The molecule has 1 unspecified atom stereocenters. The predicted molar refractivity (Wildman–Crippen MR) is 240 cm³/mol. The summed E-state index contributed by atoms with van der Waals surface area (Å²) in [5, 5.41) is 4.99. The van der Waals surface area contributed by atoms with Crippen molar-refractivity contribution in [3.63, 3.8) is 0 Å². The number of pyridine rings is 1. The number of hydrogen-bond donors (Lipinski definition) is 0. The second-order valence-corrected chi connectivity index (χ2v) is 15.2. The molecule has 0 aliphatic heterocycles. The van der Waals surface area contributed by atoms with Gasteiger partial charge in [0.2, 0.25) is 0 Å². The van der Waals surface area contributed by atoms with Crippen LogP contribution in [0.25, 0.3) is 94.1 Å². The number of nitrogens with zero attached hydrogens (tertiary/aromatic N) is 3. The molecule has 0 N–H and O–H groups in total. The summed E-state index contributed by atoms with van der Waals surface area (Å²) in [4.78, 5) is 5.29. The molecule has 1 aliphatic carbocycles. The molecule has 57 heavy (non-hydrogen) atoms. The zero-order valence-electron chi connectivity index (χ0n) is 31.7. The van der Waals surface area contributed by atoms with Crippen LogP contribution >= 0.6 is 0 Å². The molecule has 0 amide bonds. The monoisotopic (exact) mass is 729 g/mol. The van der Waals surface area contributed by atoms with Crippen molar-refractivity contribution >= 4 is 49.2 Å². The van der Waals surface area contributed by atoms with Gasteiger partial charge in [0, 0.05) is 38.5 Å². The topological polar surface area (TPSA) is 22.8 Å². The third kappa shape index (κ3) is 5.62. The van der Waals surface area contributed by atoms with Crippen LogP contribution in [0.2, 0.25) is 0 Å². The van der Waals surface area contributed by atoms with Crippen LogP contribution in [0.4, 0.5) is 0 Å². The van der Waals surface area contributed by atoms with E-state index in [4.69, 9.17) is 4.98 Å².